The lowest BCUT2D eigenvalue weighted by molar-refractivity contribution is -0.385. The molecule has 0 heterocycles. The summed E-state index contributed by atoms with van der Waals surface area (Å²) in [4.78, 5) is 9.02. The summed E-state index contributed by atoms with van der Waals surface area (Å²) in [6.07, 6.45) is 1.41. The molecule has 1 rings (SSSR count). The van der Waals surface area contributed by atoms with Gasteiger partial charge in [-0.15, -0.1) is 0 Å². The first-order valence-corrected chi connectivity index (χ1v) is 7.81. The summed E-state index contributed by atoms with van der Waals surface area (Å²) in [5.74, 6) is -1.28. The van der Waals surface area contributed by atoms with E-state index in [1.807, 2.05) is 13.8 Å². The highest BCUT2D eigenvalue weighted by Gasteiger charge is 2.24. The van der Waals surface area contributed by atoms with Crippen molar-refractivity contribution in [3.05, 3.63) is 28.1 Å². The molecule has 0 unspecified atom stereocenters. The third-order valence-electron chi connectivity index (χ3n) is 2.68. The molecule has 0 spiro atoms. The lowest BCUT2D eigenvalue weighted by Crippen LogP contribution is -2.15. The number of nitrogens with zero attached hydrogens (tertiary/aromatic N) is 1. The van der Waals surface area contributed by atoms with Crippen LogP contribution in [0.15, 0.2) is 17.0 Å². The van der Waals surface area contributed by atoms with E-state index in [0.29, 0.717) is 24.5 Å². The van der Waals surface area contributed by atoms with Gasteiger partial charge < -0.3 is 4.74 Å². The summed E-state index contributed by atoms with van der Waals surface area (Å²) in [5, 5.41) is 15.6. The first-order valence-electron chi connectivity index (χ1n) is 6.26. The monoisotopic (exact) mass is 320 g/mol. The summed E-state index contributed by atoms with van der Waals surface area (Å²) in [5.41, 5.74) is -0.703. The van der Waals surface area contributed by atoms with E-state index in [1.54, 1.807) is 0 Å². The molecule has 0 aromatic heterocycles. The molecule has 0 fully saturated rings. The number of nitro benzene ring substituents is 1. The molecule has 0 atom stereocenters. The molecule has 0 aliphatic carbocycles. The summed E-state index contributed by atoms with van der Waals surface area (Å²) in [6.45, 7) is 4.10. The van der Waals surface area contributed by atoms with E-state index in [4.69, 9.17) is 9.88 Å². The first-order chi connectivity index (χ1) is 9.62. The summed E-state index contributed by atoms with van der Waals surface area (Å²) in [6, 6.07) is 1.29. The van der Waals surface area contributed by atoms with Crippen LogP contribution in [-0.4, -0.2) is 19.9 Å². The van der Waals surface area contributed by atoms with Crippen LogP contribution in [0, 0.1) is 21.8 Å². The van der Waals surface area contributed by atoms with E-state index < -0.39 is 37.1 Å². The Bertz CT molecular complexity index is 631. The molecule has 21 heavy (non-hydrogen) atoms. The minimum absolute atomic E-state index is 0.0927. The standard InChI is InChI=1S/C12H17FN2O5S/c1-8(2)4-3-5-20-12-10(13)6-9(15(16)17)7-11(12)21(14,18)19/h6-8H,3-5H2,1-2H3,(H2,14,18,19). The van der Waals surface area contributed by atoms with Crippen LogP contribution < -0.4 is 9.88 Å². The van der Waals surface area contributed by atoms with Crippen molar-refractivity contribution in [2.75, 3.05) is 6.61 Å². The van der Waals surface area contributed by atoms with Gasteiger partial charge in [-0.05, 0) is 18.8 Å². The molecule has 1 aromatic carbocycles. The molecule has 0 bridgehead atoms. The largest absolute Gasteiger partial charge is 0.489 e. The van der Waals surface area contributed by atoms with Crippen molar-refractivity contribution < 1.29 is 22.5 Å². The smallest absolute Gasteiger partial charge is 0.274 e. The van der Waals surface area contributed by atoms with Gasteiger partial charge in [0.1, 0.15) is 4.90 Å². The van der Waals surface area contributed by atoms with Crippen LogP contribution in [0.25, 0.3) is 0 Å². The normalized spacial score (nSPS) is 11.7. The van der Waals surface area contributed by atoms with Crippen molar-refractivity contribution in [2.45, 2.75) is 31.6 Å². The SMILES string of the molecule is CC(C)CCCOc1c(F)cc([N+](=O)[O-])cc1S(N)(=O)=O. The third kappa shape index (κ3) is 4.94. The highest BCUT2D eigenvalue weighted by molar-refractivity contribution is 7.89. The molecule has 0 aliphatic rings. The van der Waals surface area contributed by atoms with Gasteiger partial charge in [-0.1, -0.05) is 13.8 Å². The van der Waals surface area contributed by atoms with Crippen LogP contribution in [0.3, 0.4) is 0 Å². The van der Waals surface area contributed by atoms with Gasteiger partial charge in [-0.2, -0.15) is 0 Å². The van der Waals surface area contributed by atoms with E-state index in [-0.39, 0.29) is 6.61 Å². The fraction of sp³-hybridized carbons (Fsp3) is 0.500. The predicted molar refractivity (Wildman–Crippen MR) is 74.0 cm³/mol. The Morgan fingerprint density at radius 3 is 2.52 bits per heavy atom. The van der Waals surface area contributed by atoms with Crippen LogP contribution in [0.1, 0.15) is 26.7 Å². The number of hydrogen-bond donors (Lipinski definition) is 1. The van der Waals surface area contributed by atoms with E-state index >= 15 is 0 Å². The molecule has 7 nitrogen and oxygen atoms in total. The van der Waals surface area contributed by atoms with Crippen LogP contribution in [0.2, 0.25) is 0 Å². The zero-order chi connectivity index (χ0) is 16.2. The van der Waals surface area contributed by atoms with E-state index in [9.17, 15) is 22.9 Å². The summed E-state index contributed by atoms with van der Waals surface area (Å²) in [7, 11) is -4.33. The average molecular weight is 320 g/mol. The van der Waals surface area contributed by atoms with Crippen LogP contribution >= 0.6 is 0 Å². The summed E-state index contributed by atoms with van der Waals surface area (Å²) >= 11 is 0. The number of non-ortho nitro benzene ring substituents is 1. The topological polar surface area (TPSA) is 113 Å². The quantitative estimate of drug-likeness (QED) is 0.470. The number of nitro groups is 1. The maximum atomic E-state index is 13.8. The summed E-state index contributed by atoms with van der Waals surface area (Å²) < 4.78 is 41.8. The number of sulfonamides is 1. The molecular weight excluding hydrogens is 303 g/mol. The van der Waals surface area contributed by atoms with Crippen LogP contribution in [0.5, 0.6) is 5.75 Å². The molecular formula is C12H17FN2O5S. The molecule has 0 amide bonds. The average Bonchev–Trinajstić information content (AvgIpc) is 2.33. The van der Waals surface area contributed by atoms with Gasteiger partial charge in [0.25, 0.3) is 5.69 Å². The Balaban J connectivity index is 3.10. The number of ether oxygens (including phenoxy) is 1. The van der Waals surface area contributed by atoms with Crippen molar-refractivity contribution in [1.82, 2.24) is 0 Å². The molecule has 0 saturated heterocycles. The minimum Gasteiger partial charge on any atom is -0.489 e. The van der Waals surface area contributed by atoms with Gasteiger partial charge >= 0.3 is 0 Å². The van der Waals surface area contributed by atoms with E-state index in [2.05, 4.69) is 0 Å². The Hall–Kier alpha value is -1.74. The highest BCUT2D eigenvalue weighted by Crippen LogP contribution is 2.31. The Kier molecular flexibility index (Phi) is 5.62. The number of nitrogens with two attached hydrogens (primary N) is 1. The van der Waals surface area contributed by atoms with E-state index in [0.717, 1.165) is 6.42 Å². The van der Waals surface area contributed by atoms with Crippen molar-refractivity contribution in [3.8, 4) is 5.75 Å². The van der Waals surface area contributed by atoms with Crippen molar-refractivity contribution in [3.63, 3.8) is 0 Å². The fourth-order valence-corrected chi connectivity index (χ4v) is 2.38. The van der Waals surface area contributed by atoms with Crippen molar-refractivity contribution >= 4 is 15.7 Å². The van der Waals surface area contributed by atoms with Crippen molar-refractivity contribution in [1.29, 1.82) is 0 Å². The van der Waals surface area contributed by atoms with Crippen molar-refractivity contribution in [2.24, 2.45) is 11.1 Å². The number of hydrogen-bond acceptors (Lipinski definition) is 5. The fourth-order valence-electron chi connectivity index (χ4n) is 1.68. The highest BCUT2D eigenvalue weighted by atomic mass is 32.2. The zero-order valence-corrected chi connectivity index (χ0v) is 12.5. The van der Waals surface area contributed by atoms with Gasteiger partial charge in [-0.25, -0.2) is 17.9 Å². The van der Waals surface area contributed by atoms with Gasteiger partial charge in [0, 0.05) is 6.07 Å². The lowest BCUT2D eigenvalue weighted by atomic mass is 10.1. The molecule has 0 radical (unpaired) electrons. The van der Waals surface area contributed by atoms with Crippen LogP contribution in [0.4, 0.5) is 10.1 Å². The second-order valence-corrected chi connectivity index (χ2v) is 6.47. The lowest BCUT2D eigenvalue weighted by Gasteiger charge is -2.11. The first kappa shape index (κ1) is 17.3. The third-order valence-corrected chi connectivity index (χ3v) is 3.60. The maximum Gasteiger partial charge on any atom is 0.274 e. The number of benzene rings is 1. The molecule has 0 saturated carbocycles. The molecule has 2 N–H and O–H groups in total. The Morgan fingerprint density at radius 1 is 1.43 bits per heavy atom. The Morgan fingerprint density at radius 2 is 2.05 bits per heavy atom. The van der Waals surface area contributed by atoms with E-state index in [1.165, 1.54) is 0 Å². The van der Waals surface area contributed by atoms with Gasteiger partial charge in [0.2, 0.25) is 10.0 Å². The maximum absolute atomic E-state index is 13.8. The number of halogens is 1. The zero-order valence-electron chi connectivity index (χ0n) is 11.7. The number of rotatable bonds is 7. The van der Waals surface area contributed by atoms with Gasteiger partial charge in [-0.3, -0.25) is 10.1 Å². The van der Waals surface area contributed by atoms with Gasteiger partial charge in [0.05, 0.1) is 17.6 Å². The Labute approximate surface area is 122 Å². The molecule has 118 valence electrons. The second kappa shape index (κ2) is 6.81. The van der Waals surface area contributed by atoms with Gasteiger partial charge in [0.15, 0.2) is 11.6 Å². The molecule has 1 aromatic rings. The molecule has 9 heteroatoms. The second-order valence-electron chi connectivity index (χ2n) is 4.94. The minimum atomic E-state index is -4.33. The number of primary sulfonamides is 1. The van der Waals surface area contributed by atoms with Crippen LogP contribution in [-0.2, 0) is 10.0 Å². The predicted octanol–water partition coefficient (Wildman–Crippen LogP) is 2.20. The molecule has 0 aliphatic heterocycles.